The van der Waals surface area contributed by atoms with E-state index in [4.69, 9.17) is 10.9 Å². The van der Waals surface area contributed by atoms with Crippen LogP contribution in [0.1, 0.15) is 31.2 Å². The molecule has 20 heavy (non-hydrogen) atoms. The molecule has 0 saturated heterocycles. The monoisotopic (exact) mass is 339 g/mol. The van der Waals surface area contributed by atoms with Crippen molar-refractivity contribution in [2.75, 3.05) is 0 Å². The fraction of sp³-hybridized carbons (Fsp3) is 0.429. The van der Waals surface area contributed by atoms with Crippen molar-refractivity contribution in [2.24, 2.45) is 16.3 Å². The maximum absolute atomic E-state index is 12.4. The summed E-state index contributed by atoms with van der Waals surface area (Å²) < 4.78 is 0.997. The molecular formula is C14H18BrN3O2. The van der Waals surface area contributed by atoms with Crippen molar-refractivity contribution in [3.05, 3.63) is 34.3 Å². The average molecular weight is 340 g/mol. The Morgan fingerprint density at radius 3 is 2.50 bits per heavy atom. The van der Waals surface area contributed by atoms with Crippen molar-refractivity contribution in [3.8, 4) is 0 Å². The van der Waals surface area contributed by atoms with Gasteiger partial charge in [-0.15, -0.1) is 0 Å². The van der Waals surface area contributed by atoms with Gasteiger partial charge in [0.15, 0.2) is 5.84 Å². The van der Waals surface area contributed by atoms with E-state index in [0.717, 1.165) is 22.9 Å². The van der Waals surface area contributed by atoms with E-state index >= 15 is 0 Å². The predicted molar refractivity (Wildman–Crippen MR) is 80.3 cm³/mol. The number of amidine groups is 1. The van der Waals surface area contributed by atoms with Crippen LogP contribution < -0.4 is 11.1 Å². The van der Waals surface area contributed by atoms with Crippen molar-refractivity contribution < 1.29 is 10.0 Å². The molecule has 0 bridgehead atoms. The van der Waals surface area contributed by atoms with Gasteiger partial charge in [0.25, 0.3) is 0 Å². The first-order valence-electron chi connectivity index (χ1n) is 6.59. The van der Waals surface area contributed by atoms with Gasteiger partial charge in [-0.3, -0.25) is 4.79 Å². The number of halogens is 1. The van der Waals surface area contributed by atoms with Crippen LogP contribution in [0.5, 0.6) is 0 Å². The Bertz CT molecular complexity index is 508. The van der Waals surface area contributed by atoms with Crippen LogP contribution in [0.4, 0.5) is 0 Å². The maximum atomic E-state index is 12.4. The van der Waals surface area contributed by atoms with Gasteiger partial charge in [0.1, 0.15) is 5.41 Å². The highest BCUT2D eigenvalue weighted by atomic mass is 79.9. The van der Waals surface area contributed by atoms with Crippen LogP contribution in [0, 0.1) is 5.41 Å². The van der Waals surface area contributed by atoms with Crippen molar-refractivity contribution in [1.82, 2.24) is 5.32 Å². The summed E-state index contributed by atoms with van der Waals surface area (Å²) in [4.78, 5) is 12.4. The smallest absolute Gasteiger partial charge is 0.234 e. The van der Waals surface area contributed by atoms with Gasteiger partial charge in [-0.2, -0.15) is 0 Å². The molecule has 1 aliphatic rings. The molecule has 1 aromatic rings. The highest BCUT2D eigenvalue weighted by molar-refractivity contribution is 9.10. The van der Waals surface area contributed by atoms with Crippen molar-refractivity contribution in [2.45, 2.75) is 32.2 Å². The molecule has 6 heteroatoms. The minimum atomic E-state index is -0.843. The zero-order valence-corrected chi connectivity index (χ0v) is 12.7. The molecule has 5 nitrogen and oxygen atoms in total. The van der Waals surface area contributed by atoms with Crippen LogP contribution >= 0.6 is 15.9 Å². The third-order valence-corrected chi connectivity index (χ3v) is 4.38. The van der Waals surface area contributed by atoms with E-state index in [9.17, 15) is 4.79 Å². The first kappa shape index (κ1) is 14.8. The first-order chi connectivity index (χ1) is 9.58. The van der Waals surface area contributed by atoms with Crippen LogP contribution in [-0.4, -0.2) is 17.0 Å². The van der Waals surface area contributed by atoms with Gasteiger partial charge >= 0.3 is 0 Å². The van der Waals surface area contributed by atoms with Crippen molar-refractivity contribution in [3.63, 3.8) is 0 Å². The summed E-state index contributed by atoms with van der Waals surface area (Å²) in [7, 11) is 0. The second-order valence-corrected chi connectivity index (χ2v) is 6.00. The van der Waals surface area contributed by atoms with Gasteiger partial charge in [-0.05, 0) is 30.5 Å². The number of hydrogen-bond acceptors (Lipinski definition) is 3. The molecule has 0 atom stereocenters. The summed E-state index contributed by atoms with van der Waals surface area (Å²) in [6.45, 7) is 0.437. The Hall–Kier alpha value is -1.56. The molecule has 1 aromatic carbocycles. The Labute approximate surface area is 126 Å². The number of amides is 1. The molecule has 4 N–H and O–H groups in total. The molecule has 0 aromatic heterocycles. The molecule has 1 amide bonds. The van der Waals surface area contributed by atoms with Crippen LogP contribution in [0.3, 0.4) is 0 Å². The fourth-order valence-electron chi connectivity index (χ4n) is 2.63. The Balaban J connectivity index is 2.04. The van der Waals surface area contributed by atoms with Gasteiger partial charge in [0, 0.05) is 11.0 Å². The van der Waals surface area contributed by atoms with Gasteiger partial charge in [0.05, 0.1) is 0 Å². The molecular weight excluding hydrogens is 322 g/mol. The summed E-state index contributed by atoms with van der Waals surface area (Å²) in [5, 5.41) is 14.9. The second-order valence-electron chi connectivity index (χ2n) is 5.08. The third-order valence-electron chi connectivity index (χ3n) is 3.86. The zero-order valence-electron chi connectivity index (χ0n) is 11.1. The van der Waals surface area contributed by atoms with E-state index in [1.807, 2.05) is 24.3 Å². The summed E-state index contributed by atoms with van der Waals surface area (Å²) in [6, 6.07) is 7.73. The van der Waals surface area contributed by atoms with E-state index in [2.05, 4.69) is 26.4 Å². The lowest BCUT2D eigenvalue weighted by molar-refractivity contribution is -0.127. The number of nitrogens with zero attached hydrogens (tertiary/aromatic N) is 1. The number of hydrogen-bond donors (Lipinski definition) is 3. The normalized spacial score (nSPS) is 17.9. The molecule has 0 spiro atoms. The molecule has 0 heterocycles. The Kier molecular flexibility index (Phi) is 4.65. The fourth-order valence-corrected chi connectivity index (χ4v) is 2.89. The first-order valence-corrected chi connectivity index (χ1v) is 7.38. The van der Waals surface area contributed by atoms with Crippen LogP contribution in [0.2, 0.25) is 0 Å². The molecule has 108 valence electrons. The number of oxime groups is 1. The minimum Gasteiger partial charge on any atom is -0.409 e. The van der Waals surface area contributed by atoms with E-state index in [-0.39, 0.29) is 11.7 Å². The Morgan fingerprint density at radius 2 is 1.95 bits per heavy atom. The third kappa shape index (κ3) is 2.95. The number of rotatable bonds is 4. The van der Waals surface area contributed by atoms with Gasteiger partial charge in [-0.1, -0.05) is 46.1 Å². The number of benzene rings is 1. The second kappa shape index (κ2) is 6.26. The topological polar surface area (TPSA) is 87.7 Å². The quantitative estimate of drug-likeness (QED) is 0.340. The van der Waals surface area contributed by atoms with Crippen LogP contribution in [0.25, 0.3) is 0 Å². The lowest BCUT2D eigenvalue weighted by Crippen LogP contribution is -2.48. The molecule has 0 unspecified atom stereocenters. The van der Waals surface area contributed by atoms with Crippen LogP contribution in [0.15, 0.2) is 33.9 Å². The minimum absolute atomic E-state index is 0.0170. The Morgan fingerprint density at radius 1 is 1.35 bits per heavy atom. The van der Waals surface area contributed by atoms with Crippen LogP contribution in [-0.2, 0) is 11.3 Å². The van der Waals surface area contributed by atoms with E-state index in [1.54, 1.807) is 0 Å². The van der Waals surface area contributed by atoms with E-state index < -0.39 is 5.41 Å². The largest absolute Gasteiger partial charge is 0.409 e. The lowest BCUT2D eigenvalue weighted by atomic mass is 9.83. The zero-order chi connectivity index (χ0) is 14.6. The summed E-state index contributed by atoms with van der Waals surface area (Å²) >= 11 is 3.37. The average Bonchev–Trinajstić information content (AvgIpc) is 2.96. The molecule has 1 aliphatic carbocycles. The van der Waals surface area contributed by atoms with Gasteiger partial charge in [-0.25, -0.2) is 0 Å². The highest BCUT2D eigenvalue weighted by Gasteiger charge is 2.45. The molecule has 2 rings (SSSR count). The van der Waals surface area contributed by atoms with Crippen molar-refractivity contribution in [1.29, 1.82) is 0 Å². The predicted octanol–water partition coefficient (Wildman–Crippen LogP) is 2.37. The summed E-state index contributed by atoms with van der Waals surface area (Å²) in [5.74, 6) is -0.142. The van der Waals surface area contributed by atoms with Crippen molar-refractivity contribution >= 4 is 27.7 Å². The highest BCUT2D eigenvalue weighted by Crippen LogP contribution is 2.38. The molecule has 0 aliphatic heterocycles. The standard InChI is InChI=1S/C14H18BrN3O2/c15-11-5-3-10(4-6-11)9-17-13(19)14(12(16)18-20)7-1-2-8-14/h3-6,20H,1-2,7-9H2,(H2,16,18)(H,17,19). The van der Waals surface area contributed by atoms with Gasteiger partial charge < -0.3 is 16.3 Å². The number of nitrogens with one attached hydrogen (secondary N) is 1. The van der Waals surface area contributed by atoms with E-state index in [1.165, 1.54) is 0 Å². The number of nitrogens with two attached hydrogens (primary N) is 1. The SMILES string of the molecule is NC(=NO)C1(C(=O)NCc2ccc(Br)cc2)CCCC1. The summed E-state index contributed by atoms with van der Waals surface area (Å²) in [6.07, 6.45) is 3.11. The van der Waals surface area contributed by atoms with E-state index in [0.29, 0.717) is 19.4 Å². The molecule has 1 fully saturated rings. The maximum Gasteiger partial charge on any atom is 0.234 e. The van der Waals surface area contributed by atoms with Gasteiger partial charge in [0.2, 0.25) is 5.91 Å². The number of carbonyl (C=O) groups is 1. The summed E-state index contributed by atoms with van der Waals surface area (Å²) in [5.41, 5.74) is 5.90. The molecule has 1 saturated carbocycles. The number of carbonyl (C=O) groups excluding carboxylic acids is 1. The molecule has 0 radical (unpaired) electrons. The lowest BCUT2D eigenvalue weighted by Gasteiger charge is -2.26.